The second-order valence-electron chi connectivity index (χ2n) is 7.43. The molecule has 3 aromatic rings. The first-order valence-electron chi connectivity index (χ1n) is 9.67. The molecule has 0 bridgehead atoms. The molecule has 1 aliphatic rings. The van der Waals surface area contributed by atoms with Crippen LogP contribution in [-0.4, -0.2) is 40.0 Å². The Hall–Kier alpha value is -3.28. The summed E-state index contributed by atoms with van der Waals surface area (Å²) >= 11 is 0. The quantitative estimate of drug-likeness (QED) is 0.724. The SMILES string of the molecule is O=C(O)c1ccccc1CC1CCN(C(=O)c2cc(F)cc3cccnc23)CC1. The Morgan fingerprint density at radius 2 is 1.83 bits per heavy atom. The largest absolute Gasteiger partial charge is 0.478 e. The number of aromatic nitrogens is 1. The molecule has 0 saturated carbocycles. The lowest BCUT2D eigenvalue weighted by molar-refractivity contribution is 0.0691. The van der Waals surface area contributed by atoms with Crippen molar-refractivity contribution in [3.63, 3.8) is 0 Å². The number of carbonyl (C=O) groups excluding carboxylic acids is 1. The number of piperidine rings is 1. The maximum atomic E-state index is 14.0. The molecule has 0 spiro atoms. The zero-order valence-corrected chi connectivity index (χ0v) is 15.8. The van der Waals surface area contributed by atoms with Crippen molar-refractivity contribution in [3.05, 3.63) is 77.2 Å². The van der Waals surface area contributed by atoms with Crippen molar-refractivity contribution in [2.45, 2.75) is 19.3 Å². The van der Waals surface area contributed by atoms with E-state index in [0.717, 1.165) is 18.4 Å². The highest BCUT2D eigenvalue weighted by molar-refractivity contribution is 6.05. The number of carboxylic acids is 1. The number of halogens is 1. The molecule has 1 aliphatic heterocycles. The van der Waals surface area contributed by atoms with Crippen LogP contribution >= 0.6 is 0 Å². The van der Waals surface area contributed by atoms with Crippen LogP contribution in [0.1, 0.15) is 39.1 Å². The molecule has 4 rings (SSSR count). The minimum absolute atomic E-state index is 0.211. The van der Waals surface area contributed by atoms with E-state index < -0.39 is 11.8 Å². The third kappa shape index (κ3) is 3.97. The van der Waals surface area contributed by atoms with Gasteiger partial charge in [-0.25, -0.2) is 9.18 Å². The molecular weight excluding hydrogens is 371 g/mol. The Morgan fingerprint density at radius 1 is 1.07 bits per heavy atom. The summed E-state index contributed by atoms with van der Waals surface area (Å²) in [5.41, 5.74) is 1.96. The fraction of sp³-hybridized carbons (Fsp3) is 0.261. The third-order valence-electron chi connectivity index (χ3n) is 5.56. The number of hydrogen-bond acceptors (Lipinski definition) is 3. The lowest BCUT2D eigenvalue weighted by atomic mass is 9.88. The van der Waals surface area contributed by atoms with Crippen LogP contribution in [0.15, 0.2) is 54.7 Å². The summed E-state index contributed by atoms with van der Waals surface area (Å²) in [6, 6.07) is 13.2. The van der Waals surface area contributed by atoms with E-state index in [1.165, 1.54) is 12.1 Å². The van der Waals surface area contributed by atoms with Crippen molar-refractivity contribution in [2.75, 3.05) is 13.1 Å². The molecular formula is C23H21FN2O3. The molecule has 1 saturated heterocycles. The highest BCUT2D eigenvalue weighted by Gasteiger charge is 2.26. The minimum Gasteiger partial charge on any atom is -0.478 e. The van der Waals surface area contributed by atoms with Crippen LogP contribution < -0.4 is 0 Å². The van der Waals surface area contributed by atoms with Gasteiger partial charge in [0.15, 0.2) is 0 Å². The average Bonchev–Trinajstić information content (AvgIpc) is 2.73. The van der Waals surface area contributed by atoms with Crippen molar-refractivity contribution in [2.24, 2.45) is 5.92 Å². The fourth-order valence-electron chi connectivity index (χ4n) is 4.05. The number of amides is 1. The molecule has 0 atom stereocenters. The topological polar surface area (TPSA) is 70.5 Å². The first-order chi connectivity index (χ1) is 14.0. The van der Waals surface area contributed by atoms with E-state index in [2.05, 4.69) is 4.98 Å². The van der Waals surface area contributed by atoms with Crippen molar-refractivity contribution < 1.29 is 19.1 Å². The Kier molecular flexibility index (Phi) is 5.25. The molecule has 6 heteroatoms. The molecule has 1 aromatic heterocycles. The van der Waals surface area contributed by atoms with Crippen molar-refractivity contribution in [1.82, 2.24) is 9.88 Å². The van der Waals surface area contributed by atoms with E-state index in [9.17, 15) is 19.1 Å². The summed E-state index contributed by atoms with van der Waals surface area (Å²) in [6.07, 6.45) is 3.83. The van der Waals surface area contributed by atoms with Gasteiger partial charge in [-0.15, -0.1) is 0 Å². The van der Waals surface area contributed by atoms with Crippen LogP contribution in [0.4, 0.5) is 4.39 Å². The average molecular weight is 392 g/mol. The van der Waals surface area contributed by atoms with Crippen LogP contribution in [0.2, 0.25) is 0 Å². The molecule has 1 amide bonds. The molecule has 2 aromatic carbocycles. The van der Waals surface area contributed by atoms with Gasteiger partial charge in [-0.05, 0) is 55.0 Å². The third-order valence-corrected chi connectivity index (χ3v) is 5.56. The molecule has 29 heavy (non-hydrogen) atoms. The van der Waals surface area contributed by atoms with Gasteiger partial charge < -0.3 is 10.0 Å². The van der Waals surface area contributed by atoms with Crippen molar-refractivity contribution in [3.8, 4) is 0 Å². The predicted molar refractivity (Wildman–Crippen MR) is 107 cm³/mol. The van der Waals surface area contributed by atoms with Gasteiger partial charge in [0.1, 0.15) is 5.82 Å². The van der Waals surface area contributed by atoms with Crippen LogP contribution in [0, 0.1) is 11.7 Å². The zero-order chi connectivity index (χ0) is 20.4. The number of carbonyl (C=O) groups is 2. The van der Waals surface area contributed by atoms with Crippen molar-refractivity contribution in [1.29, 1.82) is 0 Å². The van der Waals surface area contributed by atoms with Gasteiger partial charge in [0, 0.05) is 24.7 Å². The van der Waals surface area contributed by atoms with Gasteiger partial charge >= 0.3 is 5.97 Å². The molecule has 0 aliphatic carbocycles. The van der Waals surface area contributed by atoms with Gasteiger partial charge in [-0.2, -0.15) is 0 Å². The van der Waals surface area contributed by atoms with Crippen LogP contribution in [0.5, 0.6) is 0 Å². The number of aromatic carboxylic acids is 1. The number of benzene rings is 2. The number of carboxylic acid groups (broad SMARTS) is 1. The molecule has 2 heterocycles. The van der Waals surface area contributed by atoms with E-state index in [4.69, 9.17) is 0 Å². The number of nitrogens with zero attached hydrogens (tertiary/aromatic N) is 2. The summed E-state index contributed by atoms with van der Waals surface area (Å²) < 4.78 is 14.0. The van der Waals surface area contributed by atoms with E-state index in [1.807, 2.05) is 12.1 Å². The lowest BCUT2D eigenvalue weighted by Crippen LogP contribution is -2.39. The minimum atomic E-state index is -0.918. The predicted octanol–water partition coefficient (Wildman–Crippen LogP) is 4.17. The van der Waals surface area contributed by atoms with Gasteiger partial charge in [-0.3, -0.25) is 9.78 Å². The Balaban J connectivity index is 1.47. The molecule has 148 valence electrons. The lowest BCUT2D eigenvalue weighted by Gasteiger charge is -2.32. The van der Waals surface area contributed by atoms with Crippen LogP contribution in [0.3, 0.4) is 0 Å². The molecule has 0 unspecified atom stereocenters. The molecule has 1 N–H and O–H groups in total. The van der Waals surface area contributed by atoms with E-state index in [1.54, 1.807) is 35.4 Å². The van der Waals surface area contributed by atoms with Crippen molar-refractivity contribution >= 4 is 22.8 Å². The smallest absolute Gasteiger partial charge is 0.335 e. The summed E-state index contributed by atoms with van der Waals surface area (Å²) in [6.45, 7) is 1.12. The number of rotatable bonds is 4. The second-order valence-corrected chi connectivity index (χ2v) is 7.43. The van der Waals surface area contributed by atoms with Gasteiger partial charge in [0.05, 0.1) is 16.6 Å². The first kappa shape index (κ1) is 19.1. The van der Waals surface area contributed by atoms with E-state index in [0.29, 0.717) is 41.9 Å². The maximum Gasteiger partial charge on any atom is 0.335 e. The number of pyridine rings is 1. The van der Waals surface area contributed by atoms with Crippen LogP contribution in [-0.2, 0) is 6.42 Å². The second kappa shape index (κ2) is 7.99. The van der Waals surface area contributed by atoms with E-state index >= 15 is 0 Å². The van der Waals surface area contributed by atoms with Gasteiger partial charge in [0.25, 0.3) is 5.91 Å². The molecule has 5 nitrogen and oxygen atoms in total. The fourth-order valence-corrected chi connectivity index (χ4v) is 4.05. The standard InChI is InChI=1S/C23H21FN2O3/c24-18-13-17-5-3-9-25-21(17)20(14-18)22(27)26-10-7-15(8-11-26)12-16-4-1-2-6-19(16)23(28)29/h1-6,9,13-15H,7-8,10-12H2,(H,28,29). The van der Waals surface area contributed by atoms with Gasteiger partial charge in [-0.1, -0.05) is 24.3 Å². The normalized spacial score (nSPS) is 14.9. The number of fused-ring (bicyclic) bond motifs is 1. The Labute approximate surface area is 167 Å². The Morgan fingerprint density at radius 3 is 2.59 bits per heavy atom. The number of likely N-dealkylation sites (tertiary alicyclic amines) is 1. The Bertz CT molecular complexity index is 1070. The highest BCUT2D eigenvalue weighted by Crippen LogP contribution is 2.26. The highest BCUT2D eigenvalue weighted by atomic mass is 19.1. The van der Waals surface area contributed by atoms with E-state index in [-0.39, 0.29) is 11.5 Å². The number of hydrogen-bond donors (Lipinski definition) is 1. The molecule has 1 fully saturated rings. The summed E-state index contributed by atoms with van der Waals surface area (Å²) in [5, 5.41) is 9.96. The maximum absolute atomic E-state index is 14.0. The molecule has 0 radical (unpaired) electrons. The first-order valence-corrected chi connectivity index (χ1v) is 9.67. The van der Waals surface area contributed by atoms with Gasteiger partial charge in [0.2, 0.25) is 0 Å². The summed E-state index contributed by atoms with van der Waals surface area (Å²) in [5.74, 6) is -1.27. The monoisotopic (exact) mass is 392 g/mol. The van der Waals surface area contributed by atoms with Crippen LogP contribution in [0.25, 0.3) is 10.9 Å². The zero-order valence-electron chi connectivity index (χ0n) is 15.8. The summed E-state index contributed by atoms with van der Waals surface area (Å²) in [7, 11) is 0. The summed E-state index contributed by atoms with van der Waals surface area (Å²) in [4.78, 5) is 30.4.